The van der Waals surface area contributed by atoms with Gasteiger partial charge in [0.2, 0.25) is 0 Å². The van der Waals surface area contributed by atoms with Crippen molar-refractivity contribution < 1.29 is 0 Å². The fourth-order valence-electron chi connectivity index (χ4n) is 1.31. The highest BCUT2D eigenvalue weighted by molar-refractivity contribution is 7.09. The van der Waals surface area contributed by atoms with Crippen LogP contribution in [-0.2, 0) is 5.41 Å². The van der Waals surface area contributed by atoms with Gasteiger partial charge in [0.05, 0.1) is 10.7 Å². The summed E-state index contributed by atoms with van der Waals surface area (Å²) in [5, 5.41) is 3.47. The SMILES string of the molecule is CC(CN)c1csc(C2(C)CC2)n1. The summed E-state index contributed by atoms with van der Waals surface area (Å²) in [6.07, 6.45) is 2.61. The Kier molecular flexibility index (Phi) is 2.16. The standard InChI is InChI=1S/C10H16N2S/c1-7(5-11)8-6-13-9(12-8)10(2)3-4-10/h6-7H,3-5,11H2,1-2H3. The van der Waals surface area contributed by atoms with Crippen LogP contribution < -0.4 is 5.73 Å². The summed E-state index contributed by atoms with van der Waals surface area (Å²) in [6.45, 7) is 5.12. The predicted octanol–water partition coefficient (Wildman–Crippen LogP) is 2.26. The minimum atomic E-state index is 0.410. The van der Waals surface area contributed by atoms with Gasteiger partial charge in [0.1, 0.15) is 0 Å². The molecular weight excluding hydrogens is 180 g/mol. The van der Waals surface area contributed by atoms with E-state index >= 15 is 0 Å². The molecule has 0 amide bonds. The Labute approximate surface area is 83.2 Å². The second-order valence-electron chi connectivity index (χ2n) is 4.27. The first-order valence-electron chi connectivity index (χ1n) is 4.82. The summed E-state index contributed by atoms with van der Waals surface area (Å²) in [5.41, 5.74) is 7.19. The lowest BCUT2D eigenvalue weighted by molar-refractivity contribution is 0.721. The zero-order valence-corrected chi connectivity index (χ0v) is 9.03. The summed E-state index contributed by atoms with van der Waals surface area (Å²) in [6, 6.07) is 0. The molecular formula is C10H16N2S. The lowest BCUT2D eigenvalue weighted by atomic mass is 10.1. The van der Waals surface area contributed by atoms with Crippen LogP contribution >= 0.6 is 11.3 Å². The second-order valence-corrected chi connectivity index (χ2v) is 5.13. The number of nitrogens with zero attached hydrogens (tertiary/aromatic N) is 1. The van der Waals surface area contributed by atoms with E-state index in [0.29, 0.717) is 17.9 Å². The molecule has 1 aliphatic rings. The third-order valence-corrected chi connectivity index (χ3v) is 4.06. The molecule has 0 bridgehead atoms. The maximum absolute atomic E-state index is 5.60. The summed E-state index contributed by atoms with van der Waals surface area (Å²) in [4.78, 5) is 4.65. The van der Waals surface area contributed by atoms with Crippen LogP contribution in [-0.4, -0.2) is 11.5 Å². The van der Waals surface area contributed by atoms with E-state index in [0.717, 1.165) is 0 Å². The van der Waals surface area contributed by atoms with Gasteiger partial charge >= 0.3 is 0 Å². The quantitative estimate of drug-likeness (QED) is 0.805. The van der Waals surface area contributed by atoms with Gasteiger partial charge in [0.15, 0.2) is 0 Å². The number of nitrogens with two attached hydrogens (primary N) is 1. The van der Waals surface area contributed by atoms with Gasteiger partial charge in [0.25, 0.3) is 0 Å². The number of rotatable bonds is 3. The molecule has 1 aromatic heterocycles. The first kappa shape index (κ1) is 9.16. The van der Waals surface area contributed by atoms with Crippen molar-refractivity contribution in [2.75, 3.05) is 6.54 Å². The van der Waals surface area contributed by atoms with Crippen molar-refractivity contribution in [1.82, 2.24) is 4.98 Å². The molecule has 0 spiro atoms. The normalized spacial score (nSPS) is 21.5. The van der Waals surface area contributed by atoms with E-state index in [-0.39, 0.29) is 0 Å². The molecule has 2 nitrogen and oxygen atoms in total. The fourth-order valence-corrected chi connectivity index (χ4v) is 2.48. The molecule has 0 saturated heterocycles. The van der Waals surface area contributed by atoms with Gasteiger partial charge in [-0.2, -0.15) is 0 Å². The van der Waals surface area contributed by atoms with E-state index in [1.807, 2.05) is 0 Å². The first-order chi connectivity index (χ1) is 6.15. The molecule has 1 unspecified atom stereocenters. The summed E-state index contributed by atoms with van der Waals surface area (Å²) in [7, 11) is 0. The molecule has 2 rings (SSSR count). The van der Waals surface area contributed by atoms with Gasteiger partial charge in [-0.3, -0.25) is 0 Å². The van der Waals surface area contributed by atoms with Gasteiger partial charge in [-0.15, -0.1) is 11.3 Å². The lowest BCUT2D eigenvalue weighted by Crippen LogP contribution is -2.09. The highest BCUT2D eigenvalue weighted by Crippen LogP contribution is 2.48. The zero-order chi connectivity index (χ0) is 9.47. The van der Waals surface area contributed by atoms with Crippen LogP contribution in [0.4, 0.5) is 0 Å². The van der Waals surface area contributed by atoms with Gasteiger partial charge in [0, 0.05) is 23.3 Å². The monoisotopic (exact) mass is 196 g/mol. The average molecular weight is 196 g/mol. The van der Waals surface area contributed by atoms with E-state index < -0.39 is 0 Å². The van der Waals surface area contributed by atoms with Crippen LogP contribution in [0.3, 0.4) is 0 Å². The van der Waals surface area contributed by atoms with Crippen molar-refractivity contribution in [3.63, 3.8) is 0 Å². The van der Waals surface area contributed by atoms with Crippen molar-refractivity contribution in [3.8, 4) is 0 Å². The van der Waals surface area contributed by atoms with E-state index in [1.54, 1.807) is 11.3 Å². The highest BCUT2D eigenvalue weighted by atomic mass is 32.1. The van der Waals surface area contributed by atoms with Crippen LogP contribution in [0.15, 0.2) is 5.38 Å². The van der Waals surface area contributed by atoms with E-state index in [2.05, 4.69) is 24.2 Å². The number of hydrogen-bond donors (Lipinski definition) is 1. The third-order valence-electron chi connectivity index (χ3n) is 2.90. The molecule has 1 aromatic rings. The Morgan fingerprint density at radius 1 is 1.69 bits per heavy atom. The molecule has 0 radical (unpaired) electrons. The number of aromatic nitrogens is 1. The molecule has 3 heteroatoms. The van der Waals surface area contributed by atoms with Gasteiger partial charge in [-0.25, -0.2) is 4.98 Å². The van der Waals surface area contributed by atoms with Gasteiger partial charge in [-0.05, 0) is 12.8 Å². The van der Waals surface area contributed by atoms with Crippen molar-refractivity contribution in [3.05, 3.63) is 16.1 Å². The smallest absolute Gasteiger partial charge is 0.0987 e. The van der Waals surface area contributed by atoms with Crippen molar-refractivity contribution in [2.24, 2.45) is 5.73 Å². The van der Waals surface area contributed by atoms with E-state index in [9.17, 15) is 0 Å². The second kappa shape index (κ2) is 3.07. The zero-order valence-electron chi connectivity index (χ0n) is 8.21. The Hall–Kier alpha value is -0.410. The Morgan fingerprint density at radius 3 is 2.92 bits per heavy atom. The molecule has 1 aliphatic carbocycles. The predicted molar refractivity (Wildman–Crippen MR) is 56.2 cm³/mol. The lowest BCUT2D eigenvalue weighted by Gasteiger charge is -2.04. The Morgan fingerprint density at radius 2 is 2.38 bits per heavy atom. The fraction of sp³-hybridized carbons (Fsp3) is 0.700. The molecule has 72 valence electrons. The van der Waals surface area contributed by atoms with Crippen LogP contribution in [0.1, 0.15) is 43.3 Å². The Bertz CT molecular complexity index is 302. The van der Waals surface area contributed by atoms with Crippen LogP contribution in [0.2, 0.25) is 0 Å². The molecule has 1 saturated carbocycles. The largest absolute Gasteiger partial charge is 0.330 e. The molecule has 0 aliphatic heterocycles. The van der Waals surface area contributed by atoms with Crippen LogP contribution in [0, 0.1) is 0 Å². The number of thiazole rings is 1. The minimum absolute atomic E-state index is 0.410. The molecule has 2 N–H and O–H groups in total. The summed E-state index contributed by atoms with van der Waals surface area (Å²) in [5.74, 6) is 0.410. The molecule has 0 aromatic carbocycles. The molecule has 1 fully saturated rings. The van der Waals surface area contributed by atoms with E-state index in [1.165, 1.54) is 23.5 Å². The molecule has 1 atom stereocenters. The Balaban J connectivity index is 2.18. The number of hydrogen-bond acceptors (Lipinski definition) is 3. The summed E-state index contributed by atoms with van der Waals surface area (Å²) < 4.78 is 0. The van der Waals surface area contributed by atoms with Crippen molar-refractivity contribution in [1.29, 1.82) is 0 Å². The average Bonchev–Trinajstić information content (AvgIpc) is 2.72. The maximum Gasteiger partial charge on any atom is 0.0987 e. The maximum atomic E-state index is 5.60. The molecule has 1 heterocycles. The minimum Gasteiger partial charge on any atom is -0.330 e. The highest BCUT2D eigenvalue weighted by Gasteiger charge is 2.41. The topological polar surface area (TPSA) is 38.9 Å². The third kappa shape index (κ3) is 1.63. The van der Waals surface area contributed by atoms with Gasteiger partial charge in [-0.1, -0.05) is 13.8 Å². The van der Waals surface area contributed by atoms with Crippen LogP contribution in [0.25, 0.3) is 0 Å². The van der Waals surface area contributed by atoms with Gasteiger partial charge < -0.3 is 5.73 Å². The van der Waals surface area contributed by atoms with E-state index in [4.69, 9.17) is 5.73 Å². The molecule has 13 heavy (non-hydrogen) atoms. The van der Waals surface area contributed by atoms with Crippen LogP contribution in [0.5, 0.6) is 0 Å². The summed E-state index contributed by atoms with van der Waals surface area (Å²) >= 11 is 1.80. The van der Waals surface area contributed by atoms with Crippen molar-refractivity contribution >= 4 is 11.3 Å². The first-order valence-corrected chi connectivity index (χ1v) is 5.69. The van der Waals surface area contributed by atoms with Crippen molar-refractivity contribution in [2.45, 2.75) is 38.0 Å².